The zero-order chi connectivity index (χ0) is 15.6. The number of carbonyl (C=O) groups is 2. The van der Waals surface area contributed by atoms with Crippen LogP contribution in [-0.2, 0) is 12.5 Å². The summed E-state index contributed by atoms with van der Waals surface area (Å²) in [4.78, 5) is 24.1. The normalized spacial score (nSPS) is 11.4. The van der Waals surface area contributed by atoms with E-state index in [-0.39, 0.29) is 23.4 Å². The lowest BCUT2D eigenvalue weighted by atomic mass is 9.86. The topological polar surface area (TPSA) is 52.0 Å². The Morgan fingerprint density at radius 2 is 1.62 bits per heavy atom. The monoisotopic (exact) mass is 284 g/mol. The van der Waals surface area contributed by atoms with Gasteiger partial charge in [0, 0.05) is 18.8 Å². The van der Waals surface area contributed by atoms with Crippen LogP contribution in [0.4, 0.5) is 0 Å². The van der Waals surface area contributed by atoms with E-state index < -0.39 is 0 Å². The molecule has 2 aromatic rings. The molecule has 1 aromatic heterocycles. The summed E-state index contributed by atoms with van der Waals surface area (Å²) in [5, 5.41) is 3.94. The summed E-state index contributed by atoms with van der Waals surface area (Å²) in [5.41, 5.74) is 2.25. The van der Waals surface area contributed by atoms with Crippen molar-refractivity contribution in [2.45, 2.75) is 32.6 Å². The van der Waals surface area contributed by atoms with Gasteiger partial charge in [0.1, 0.15) is 0 Å². The first-order valence-electron chi connectivity index (χ1n) is 6.93. The van der Waals surface area contributed by atoms with Crippen LogP contribution in [-0.4, -0.2) is 21.3 Å². The smallest absolute Gasteiger partial charge is 0.173 e. The van der Waals surface area contributed by atoms with Crippen LogP contribution >= 0.6 is 0 Å². The average Bonchev–Trinajstić information content (AvgIpc) is 2.84. The molecule has 1 aromatic carbocycles. The van der Waals surface area contributed by atoms with E-state index in [0.717, 1.165) is 5.56 Å². The summed E-state index contributed by atoms with van der Waals surface area (Å²) in [6.45, 7) is 6.36. The number of carbonyl (C=O) groups excluding carboxylic acids is 2. The van der Waals surface area contributed by atoms with Gasteiger partial charge in [-0.3, -0.25) is 14.3 Å². The minimum absolute atomic E-state index is 0.0487. The predicted octanol–water partition coefficient (Wildman–Crippen LogP) is 3.17. The molecule has 1 heterocycles. The standard InChI is InChI=1S/C17H20N2O2/c1-17(2,3)14-7-5-12(6-8-14)15(20)9-16(21)13-10-18-19(4)11-13/h5-8,10-11H,9H2,1-4H3. The molecule has 110 valence electrons. The van der Waals surface area contributed by atoms with Crippen molar-refractivity contribution in [1.82, 2.24) is 9.78 Å². The van der Waals surface area contributed by atoms with Crippen LogP contribution in [0.2, 0.25) is 0 Å². The zero-order valence-electron chi connectivity index (χ0n) is 12.9. The van der Waals surface area contributed by atoms with Crippen molar-refractivity contribution in [3.8, 4) is 0 Å². The van der Waals surface area contributed by atoms with Crippen molar-refractivity contribution in [3.05, 3.63) is 53.3 Å². The van der Waals surface area contributed by atoms with Crippen LogP contribution in [0.15, 0.2) is 36.7 Å². The highest BCUT2D eigenvalue weighted by atomic mass is 16.1. The molecule has 0 radical (unpaired) electrons. The maximum Gasteiger partial charge on any atom is 0.173 e. The molecule has 0 fully saturated rings. The first-order valence-corrected chi connectivity index (χ1v) is 6.93. The second kappa shape index (κ2) is 5.64. The second-order valence-electron chi connectivity index (χ2n) is 6.25. The fraction of sp³-hybridized carbons (Fsp3) is 0.353. The molecule has 0 amide bonds. The van der Waals surface area contributed by atoms with Gasteiger partial charge in [0.2, 0.25) is 0 Å². The quantitative estimate of drug-likeness (QED) is 0.640. The SMILES string of the molecule is Cn1cc(C(=O)CC(=O)c2ccc(C(C)(C)C)cc2)cn1. The number of benzene rings is 1. The lowest BCUT2D eigenvalue weighted by Crippen LogP contribution is -2.12. The highest BCUT2D eigenvalue weighted by Crippen LogP contribution is 2.22. The van der Waals surface area contributed by atoms with Crippen molar-refractivity contribution in [1.29, 1.82) is 0 Å². The molecule has 0 spiro atoms. The molecule has 4 nitrogen and oxygen atoms in total. The van der Waals surface area contributed by atoms with Gasteiger partial charge >= 0.3 is 0 Å². The number of aromatic nitrogens is 2. The number of Topliss-reactive ketones (excluding diaryl/α,β-unsaturated/α-hetero) is 2. The Labute approximate surface area is 124 Å². The van der Waals surface area contributed by atoms with Crippen LogP contribution in [0.3, 0.4) is 0 Å². The Morgan fingerprint density at radius 3 is 2.10 bits per heavy atom. The van der Waals surface area contributed by atoms with E-state index in [0.29, 0.717) is 11.1 Å². The van der Waals surface area contributed by atoms with Crippen molar-refractivity contribution in [3.63, 3.8) is 0 Å². The van der Waals surface area contributed by atoms with Crippen molar-refractivity contribution in [2.75, 3.05) is 0 Å². The van der Waals surface area contributed by atoms with Gasteiger partial charge in [-0.2, -0.15) is 5.10 Å². The van der Waals surface area contributed by atoms with E-state index in [9.17, 15) is 9.59 Å². The summed E-state index contributed by atoms with van der Waals surface area (Å²) in [7, 11) is 1.74. The Morgan fingerprint density at radius 1 is 1.05 bits per heavy atom. The molecule has 0 saturated carbocycles. The number of aryl methyl sites for hydroxylation is 1. The van der Waals surface area contributed by atoms with E-state index in [1.165, 1.54) is 6.20 Å². The molecule has 0 aliphatic rings. The molecule has 0 bridgehead atoms. The van der Waals surface area contributed by atoms with E-state index in [1.54, 1.807) is 30.1 Å². The third kappa shape index (κ3) is 3.66. The van der Waals surface area contributed by atoms with Gasteiger partial charge in [0.05, 0.1) is 18.2 Å². The summed E-state index contributed by atoms with van der Waals surface area (Å²) in [6.07, 6.45) is 2.98. The highest BCUT2D eigenvalue weighted by Gasteiger charge is 2.17. The molecule has 0 unspecified atom stereocenters. The third-order valence-electron chi connectivity index (χ3n) is 3.42. The maximum absolute atomic E-state index is 12.1. The van der Waals surface area contributed by atoms with Crippen LogP contribution in [0.1, 0.15) is 53.5 Å². The molecule has 0 N–H and O–H groups in total. The molecule has 4 heteroatoms. The maximum atomic E-state index is 12.1. The average molecular weight is 284 g/mol. The van der Waals surface area contributed by atoms with Gasteiger partial charge in [-0.05, 0) is 11.0 Å². The summed E-state index contributed by atoms with van der Waals surface area (Å²) in [5.74, 6) is -0.364. The number of ketones is 2. The minimum atomic E-state index is -0.201. The molecular formula is C17H20N2O2. The van der Waals surface area contributed by atoms with Gasteiger partial charge in [0.15, 0.2) is 11.6 Å². The van der Waals surface area contributed by atoms with Crippen molar-refractivity contribution >= 4 is 11.6 Å². The van der Waals surface area contributed by atoms with Gasteiger partial charge in [0.25, 0.3) is 0 Å². The predicted molar refractivity (Wildman–Crippen MR) is 81.6 cm³/mol. The molecule has 21 heavy (non-hydrogen) atoms. The van der Waals surface area contributed by atoms with Crippen molar-refractivity contribution in [2.24, 2.45) is 7.05 Å². The lowest BCUT2D eigenvalue weighted by Gasteiger charge is -2.18. The Kier molecular flexibility index (Phi) is 4.07. The van der Waals surface area contributed by atoms with Gasteiger partial charge in [-0.1, -0.05) is 45.0 Å². The van der Waals surface area contributed by atoms with Crippen LogP contribution < -0.4 is 0 Å². The number of nitrogens with zero attached hydrogens (tertiary/aromatic N) is 2. The van der Waals surface area contributed by atoms with Gasteiger partial charge in [-0.15, -0.1) is 0 Å². The van der Waals surface area contributed by atoms with Crippen LogP contribution in [0, 0.1) is 0 Å². The Bertz CT molecular complexity index is 661. The zero-order valence-corrected chi connectivity index (χ0v) is 12.9. The molecule has 0 saturated heterocycles. The van der Waals surface area contributed by atoms with E-state index in [2.05, 4.69) is 25.9 Å². The largest absolute Gasteiger partial charge is 0.294 e. The molecule has 0 aliphatic carbocycles. The number of hydrogen-bond acceptors (Lipinski definition) is 3. The molecule has 0 atom stereocenters. The van der Waals surface area contributed by atoms with E-state index in [4.69, 9.17) is 0 Å². The highest BCUT2D eigenvalue weighted by molar-refractivity contribution is 6.13. The first kappa shape index (κ1) is 15.2. The molecule has 2 rings (SSSR count). The fourth-order valence-corrected chi connectivity index (χ4v) is 2.07. The Hall–Kier alpha value is -2.23. The summed E-state index contributed by atoms with van der Waals surface area (Å²) < 4.78 is 1.55. The summed E-state index contributed by atoms with van der Waals surface area (Å²) >= 11 is 0. The minimum Gasteiger partial charge on any atom is -0.294 e. The van der Waals surface area contributed by atoms with Crippen LogP contribution in [0.25, 0.3) is 0 Å². The third-order valence-corrected chi connectivity index (χ3v) is 3.42. The van der Waals surface area contributed by atoms with Gasteiger partial charge in [-0.25, -0.2) is 0 Å². The number of rotatable bonds is 4. The molecule has 0 aliphatic heterocycles. The summed E-state index contributed by atoms with van der Waals surface area (Å²) in [6, 6.07) is 7.47. The number of hydrogen-bond donors (Lipinski definition) is 0. The Balaban J connectivity index is 2.08. The van der Waals surface area contributed by atoms with Gasteiger partial charge < -0.3 is 0 Å². The van der Waals surface area contributed by atoms with Crippen molar-refractivity contribution < 1.29 is 9.59 Å². The van der Waals surface area contributed by atoms with E-state index >= 15 is 0 Å². The fourth-order valence-electron chi connectivity index (χ4n) is 2.07. The lowest BCUT2D eigenvalue weighted by molar-refractivity contribution is 0.0894. The second-order valence-corrected chi connectivity index (χ2v) is 6.25. The van der Waals surface area contributed by atoms with E-state index in [1.807, 2.05) is 12.1 Å². The molecular weight excluding hydrogens is 264 g/mol. The first-order chi connectivity index (χ1) is 9.77. The van der Waals surface area contributed by atoms with Crippen LogP contribution in [0.5, 0.6) is 0 Å².